The second-order valence-corrected chi connectivity index (χ2v) is 9.10. The van der Waals surface area contributed by atoms with Crippen molar-refractivity contribution < 1.29 is 28.8 Å². The molecule has 1 aromatic rings. The molecule has 0 atom stereocenters. The number of hydroxylamine groups is 2. The molecule has 3 amide bonds. The van der Waals surface area contributed by atoms with Crippen LogP contribution in [0.2, 0.25) is 0 Å². The number of imide groups is 1. The van der Waals surface area contributed by atoms with Crippen molar-refractivity contribution in [1.82, 2.24) is 9.96 Å². The second kappa shape index (κ2) is 9.08. The minimum Gasteiger partial charge on any atom is -0.444 e. The van der Waals surface area contributed by atoms with Gasteiger partial charge in [0.05, 0.1) is 17.0 Å². The predicted molar refractivity (Wildman–Crippen MR) is 112 cm³/mol. The van der Waals surface area contributed by atoms with Gasteiger partial charge in [-0.3, -0.25) is 9.59 Å². The van der Waals surface area contributed by atoms with Crippen LogP contribution in [0.4, 0.5) is 4.79 Å². The van der Waals surface area contributed by atoms with Gasteiger partial charge in [0.25, 0.3) is 11.8 Å². The van der Waals surface area contributed by atoms with Gasteiger partial charge in [-0.25, -0.2) is 9.59 Å². The van der Waals surface area contributed by atoms with Crippen LogP contribution in [-0.2, 0) is 14.4 Å². The molecule has 1 saturated carbocycles. The summed E-state index contributed by atoms with van der Waals surface area (Å²) in [5.41, 5.74) is -0.0626. The zero-order valence-corrected chi connectivity index (χ0v) is 18.6. The van der Waals surface area contributed by atoms with Gasteiger partial charge in [-0.05, 0) is 71.4 Å². The first-order chi connectivity index (χ1) is 14.6. The Morgan fingerprint density at radius 1 is 1.03 bits per heavy atom. The van der Waals surface area contributed by atoms with Gasteiger partial charge in [0.2, 0.25) is 0 Å². The van der Waals surface area contributed by atoms with E-state index in [0.29, 0.717) is 31.0 Å². The highest BCUT2D eigenvalue weighted by Gasteiger charge is 2.40. The molecule has 3 rings (SSSR count). The van der Waals surface area contributed by atoms with Gasteiger partial charge in [-0.2, -0.15) is 0 Å². The third-order valence-electron chi connectivity index (χ3n) is 5.63. The Morgan fingerprint density at radius 2 is 1.58 bits per heavy atom. The number of rotatable bonds is 5. The van der Waals surface area contributed by atoms with Crippen LogP contribution in [-0.4, -0.2) is 52.5 Å². The van der Waals surface area contributed by atoms with Crippen LogP contribution in [0.15, 0.2) is 24.3 Å². The van der Waals surface area contributed by atoms with Gasteiger partial charge < -0.3 is 14.5 Å². The van der Waals surface area contributed by atoms with Crippen molar-refractivity contribution >= 4 is 23.9 Å². The first-order valence-corrected chi connectivity index (χ1v) is 10.8. The molecule has 8 nitrogen and oxygen atoms in total. The summed E-state index contributed by atoms with van der Waals surface area (Å²) in [7, 11) is 0. The van der Waals surface area contributed by atoms with E-state index in [-0.39, 0.29) is 29.1 Å². The fraction of sp³-hybridized carbons (Fsp3) is 0.565. The van der Waals surface area contributed by atoms with Crippen LogP contribution in [0, 0.1) is 11.8 Å². The van der Waals surface area contributed by atoms with Crippen LogP contribution < -0.4 is 0 Å². The number of carbonyl (C=O) groups is 4. The summed E-state index contributed by atoms with van der Waals surface area (Å²) in [5, 5.41) is 0.570. The summed E-state index contributed by atoms with van der Waals surface area (Å²) >= 11 is 0. The third kappa shape index (κ3) is 5.24. The van der Waals surface area contributed by atoms with Crippen LogP contribution in [0.5, 0.6) is 0 Å². The number of hydrogen-bond acceptors (Lipinski definition) is 6. The number of hydrogen-bond donors (Lipinski definition) is 0. The molecule has 0 saturated heterocycles. The number of fused-ring (bicyclic) bond motifs is 1. The Labute approximate surface area is 182 Å². The lowest BCUT2D eigenvalue weighted by Gasteiger charge is -2.32. The quantitative estimate of drug-likeness (QED) is 0.660. The maximum absolute atomic E-state index is 12.6. The van der Waals surface area contributed by atoms with Gasteiger partial charge in [0.15, 0.2) is 0 Å². The topological polar surface area (TPSA) is 93.2 Å². The van der Waals surface area contributed by atoms with Gasteiger partial charge in [-0.15, -0.1) is 0 Å². The minimum atomic E-state index is -0.612. The average Bonchev–Trinajstić information content (AvgIpc) is 2.96. The summed E-state index contributed by atoms with van der Waals surface area (Å²) in [6.07, 6.45) is 2.33. The van der Waals surface area contributed by atoms with E-state index in [1.54, 1.807) is 29.2 Å². The van der Waals surface area contributed by atoms with Gasteiger partial charge >= 0.3 is 12.1 Å². The van der Waals surface area contributed by atoms with E-state index in [4.69, 9.17) is 9.57 Å². The summed E-state index contributed by atoms with van der Waals surface area (Å²) < 4.78 is 5.46. The zero-order chi connectivity index (χ0) is 22.8. The third-order valence-corrected chi connectivity index (χ3v) is 5.63. The largest absolute Gasteiger partial charge is 0.444 e. The summed E-state index contributed by atoms with van der Waals surface area (Å²) in [6.45, 7) is 8.55. The second-order valence-electron chi connectivity index (χ2n) is 9.10. The smallest absolute Gasteiger partial charge is 0.410 e. The zero-order valence-electron chi connectivity index (χ0n) is 18.6. The van der Waals surface area contributed by atoms with Crippen molar-refractivity contribution in [3.63, 3.8) is 0 Å². The normalized spacial score (nSPS) is 21.0. The Balaban J connectivity index is 1.51. The lowest BCUT2D eigenvalue weighted by Crippen LogP contribution is -2.41. The number of nitrogens with zero attached hydrogens (tertiary/aromatic N) is 2. The van der Waals surface area contributed by atoms with Crippen molar-refractivity contribution in [3.05, 3.63) is 35.4 Å². The molecule has 1 aliphatic carbocycles. The summed E-state index contributed by atoms with van der Waals surface area (Å²) in [4.78, 5) is 56.6. The van der Waals surface area contributed by atoms with E-state index in [1.165, 1.54) is 0 Å². The Hall–Kier alpha value is -2.90. The number of ether oxygens (including phenoxy) is 1. The molecule has 0 unspecified atom stereocenters. The molecule has 1 fully saturated rings. The molecule has 0 radical (unpaired) electrons. The summed E-state index contributed by atoms with van der Waals surface area (Å²) in [5.74, 6) is -1.90. The molecule has 31 heavy (non-hydrogen) atoms. The molecule has 1 heterocycles. The highest BCUT2D eigenvalue weighted by Crippen LogP contribution is 2.32. The van der Waals surface area contributed by atoms with Crippen LogP contribution in [0.25, 0.3) is 0 Å². The van der Waals surface area contributed by atoms with E-state index < -0.39 is 23.4 Å². The van der Waals surface area contributed by atoms with Gasteiger partial charge in [0, 0.05) is 13.1 Å². The highest BCUT2D eigenvalue weighted by atomic mass is 16.7. The number of amides is 3. The van der Waals surface area contributed by atoms with Crippen LogP contribution in [0.3, 0.4) is 0 Å². The molecule has 1 aliphatic heterocycles. The monoisotopic (exact) mass is 430 g/mol. The lowest BCUT2D eigenvalue weighted by molar-refractivity contribution is -0.175. The standard InChI is InChI=1S/C23H30N2O6/c1-5-24(22(29)30-23(2,3)4)14-15-10-12-16(13-11-15)21(28)31-25-19(26)17-8-6-7-9-18(17)20(25)27/h6-9,15-16H,5,10-14H2,1-4H3. The summed E-state index contributed by atoms with van der Waals surface area (Å²) in [6, 6.07) is 6.40. The van der Waals surface area contributed by atoms with Gasteiger partial charge in [0.1, 0.15) is 5.60 Å². The molecule has 0 bridgehead atoms. The SMILES string of the molecule is CCN(CC1CCC(C(=O)ON2C(=O)c3ccccc3C2=O)CC1)C(=O)OC(C)(C)C. The molecular weight excluding hydrogens is 400 g/mol. The molecule has 1 aromatic carbocycles. The Kier molecular flexibility index (Phi) is 6.67. The Morgan fingerprint density at radius 3 is 2.06 bits per heavy atom. The van der Waals surface area contributed by atoms with E-state index in [1.807, 2.05) is 27.7 Å². The maximum atomic E-state index is 12.6. The van der Waals surface area contributed by atoms with Crippen molar-refractivity contribution in [2.24, 2.45) is 11.8 Å². The highest BCUT2D eigenvalue weighted by molar-refractivity contribution is 6.20. The van der Waals surface area contributed by atoms with Gasteiger partial charge in [-0.1, -0.05) is 17.2 Å². The van der Waals surface area contributed by atoms with Crippen LogP contribution >= 0.6 is 0 Å². The molecule has 168 valence electrons. The predicted octanol–water partition coefficient (Wildman–Crippen LogP) is 3.80. The van der Waals surface area contributed by atoms with Crippen molar-refractivity contribution in [2.45, 2.75) is 59.0 Å². The molecule has 2 aliphatic rings. The van der Waals surface area contributed by atoms with E-state index in [9.17, 15) is 19.2 Å². The fourth-order valence-corrected chi connectivity index (χ4v) is 3.97. The van der Waals surface area contributed by atoms with Crippen molar-refractivity contribution in [1.29, 1.82) is 0 Å². The van der Waals surface area contributed by atoms with Crippen molar-refractivity contribution in [3.8, 4) is 0 Å². The maximum Gasteiger partial charge on any atom is 0.410 e. The molecule has 0 aromatic heterocycles. The molecule has 0 N–H and O–H groups in total. The lowest BCUT2D eigenvalue weighted by atomic mass is 9.82. The van der Waals surface area contributed by atoms with E-state index in [0.717, 1.165) is 12.8 Å². The van der Waals surface area contributed by atoms with E-state index in [2.05, 4.69) is 0 Å². The van der Waals surface area contributed by atoms with Crippen molar-refractivity contribution in [2.75, 3.05) is 13.1 Å². The molecule has 8 heteroatoms. The molecular formula is C23H30N2O6. The first kappa shape index (κ1) is 22.8. The number of benzene rings is 1. The van der Waals surface area contributed by atoms with E-state index >= 15 is 0 Å². The molecule has 0 spiro atoms. The number of carbonyl (C=O) groups excluding carboxylic acids is 4. The fourth-order valence-electron chi connectivity index (χ4n) is 3.97. The van der Waals surface area contributed by atoms with Crippen LogP contribution in [0.1, 0.15) is 74.1 Å². The minimum absolute atomic E-state index is 0.241. The average molecular weight is 431 g/mol. The first-order valence-electron chi connectivity index (χ1n) is 10.8. The Bertz CT molecular complexity index is 832.